The third-order valence-corrected chi connectivity index (χ3v) is 2.35. The smallest absolute Gasteiger partial charge is 0.0469 e. The zero-order valence-electron chi connectivity index (χ0n) is 8.04. The van der Waals surface area contributed by atoms with Crippen LogP contribution in [0.25, 0.3) is 0 Å². The third kappa shape index (κ3) is 1.86. The molecule has 0 aliphatic heterocycles. The maximum absolute atomic E-state index is 7.13. The maximum Gasteiger partial charge on any atom is 0.0469 e. The number of rotatable bonds is 3. The van der Waals surface area contributed by atoms with Crippen LogP contribution in [0.3, 0.4) is 0 Å². The molecule has 0 saturated heterocycles. The molecule has 0 fully saturated rings. The Morgan fingerprint density at radius 3 is 2.85 bits per heavy atom. The highest BCUT2D eigenvalue weighted by atomic mass is 14.7. The van der Waals surface area contributed by atoms with E-state index >= 15 is 0 Å². The van der Waals surface area contributed by atoms with Gasteiger partial charge in [-0.3, -0.25) is 4.98 Å². The van der Waals surface area contributed by atoms with Crippen LogP contribution in [-0.2, 0) is 0 Å². The minimum absolute atomic E-state index is 0.410. The van der Waals surface area contributed by atoms with Gasteiger partial charge in [-0.1, -0.05) is 13.8 Å². The van der Waals surface area contributed by atoms with Gasteiger partial charge in [0.2, 0.25) is 0 Å². The zero-order chi connectivity index (χ0) is 9.84. The lowest BCUT2D eigenvalue weighted by molar-refractivity contribution is 0.732. The maximum atomic E-state index is 7.13. The van der Waals surface area contributed by atoms with Crippen molar-refractivity contribution in [3.05, 3.63) is 23.5 Å². The van der Waals surface area contributed by atoms with Gasteiger partial charge in [0.05, 0.1) is 0 Å². The summed E-state index contributed by atoms with van der Waals surface area (Å²) in [6, 6.07) is 0. The van der Waals surface area contributed by atoms with E-state index in [1.807, 2.05) is 0 Å². The Morgan fingerprint density at radius 2 is 2.31 bits per heavy atom. The molecule has 3 nitrogen and oxygen atoms in total. The Bertz CT molecular complexity index is 307. The molecular weight excluding hydrogens is 162 g/mol. The molecule has 13 heavy (non-hydrogen) atoms. The molecule has 1 rings (SSSR count). The molecule has 3 heteroatoms. The molecule has 1 aromatic heterocycles. The van der Waals surface area contributed by atoms with Crippen molar-refractivity contribution in [3.8, 4) is 0 Å². The van der Waals surface area contributed by atoms with E-state index in [0.717, 1.165) is 12.0 Å². The van der Waals surface area contributed by atoms with Crippen molar-refractivity contribution in [1.29, 1.82) is 5.41 Å². The molecule has 0 aromatic carbocycles. The molecule has 1 atom stereocenters. The van der Waals surface area contributed by atoms with Crippen LogP contribution in [0, 0.1) is 5.41 Å². The standard InChI is InChI=1S/C10H15N3/c1-3-7(2)9-6-13-5-8(4-11)10(9)12/h4-7,11H,3H2,1-2H3,(H2,12,13). The number of hydrogen-bond acceptors (Lipinski definition) is 3. The number of hydrogen-bond donors (Lipinski definition) is 2. The van der Waals surface area contributed by atoms with Crippen LogP contribution in [0.4, 0.5) is 5.69 Å². The number of nitrogens with two attached hydrogens (primary N) is 1. The van der Waals surface area contributed by atoms with Crippen molar-refractivity contribution in [2.75, 3.05) is 5.73 Å². The molecule has 0 spiro atoms. The second-order valence-electron chi connectivity index (χ2n) is 3.19. The molecule has 0 saturated carbocycles. The predicted octanol–water partition coefficient (Wildman–Crippen LogP) is 2.17. The number of nitrogen functional groups attached to an aromatic ring is 1. The average molecular weight is 177 g/mol. The Kier molecular flexibility index (Phi) is 3.01. The summed E-state index contributed by atoms with van der Waals surface area (Å²) in [5, 5.41) is 7.13. The van der Waals surface area contributed by atoms with Gasteiger partial charge in [-0.2, -0.15) is 0 Å². The number of anilines is 1. The second kappa shape index (κ2) is 4.03. The lowest BCUT2D eigenvalue weighted by Gasteiger charge is -2.12. The van der Waals surface area contributed by atoms with E-state index in [1.54, 1.807) is 12.4 Å². The molecule has 3 N–H and O–H groups in total. The van der Waals surface area contributed by atoms with Crippen molar-refractivity contribution in [2.24, 2.45) is 0 Å². The van der Waals surface area contributed by atoms with Gasteiger partial charge in [-0.25, -0.2) is 0 Å². The Balaban J connectivity index is 3.15. The van der Waals surface area contributed by atoms with Gasteiger partial charge in [-0.05, 0) is 17.9 Å². The van der Waals surface area contributed by atoms with Crippen LogP contribution in [0.1, 0.15) is 37.3 Å². The molecule has 0 aliphatic carbocycles. The highest BCUT2D eigenvalue weighted by molar-refractivity contribution is 5.85. The Morgan fingerprint density at radius 1 is 1.62 bits per heavy atom. The topological polar surface area (TPSA) is 62.8 Å². The zero-order valence-corrected chi connectivity index (χ0v) is 8.04. The summed E-state index contributed by atoms with van der Waals surface area (Å²) in [4.78, 5) is 4.05. The van der Waals surface area contributed by atoms with Crippen molar-refractivity contribution < 1.29 is 0 Å². The van der Waals surface area contributed by atoms with E-state index in [9.17, 15) is 0 Å². The van der Waals surface area contributed by atoms with E-state index in [1.165, 1.54) is 6.21 Å². The minimum atomic E-state index is 0.410. The molecule has 1 heterocycles. The van der Waals surface area contributed by atoms with Crippen LogP contribution in [0.2, 0.25) is 0 Å². The summed E-state index contributed by atoms with van der Waals surface area (Å²) < 4.78 is 0. The van der Waals surface area contributed by atoms with Crippen molar-refractivity contribution in [1.82, 2.24) is 4.98 Å². The lowest BCUT2D eigenvalue weighted by atomic mass is 9.97. The van der Waals surface area contributed by atoms with E-state index in [2.05, 4.69) is 18.8 Å². The van der Waals surface area contributed by atoms with Gasteiger partial charge < -0.3 is 11.1 Å². The number of nitrogens with one attached hydrogen (secondary N) is 1. The fraction of sp³-hybridized carbons (Fsp3) is 0.400. The second-order valence-corrected chi connectivity index (χ2v) is 3.19. The summed E-state index contributed by atoms with van der Waals surface area (Å²) in [7, 11) is 0. The van der Waals surface area contributed by atoms with Gasteiger partial charge in [0, 0.05) is 29.9 Å². The van der Waals surface area contributed by atoms with Gasteiger partial charge in [0.15, 0.2) is 0 Å². The average Bonchev–Trinajstić information content (AvgIpc) is 2.17. The fourth-order valence-corrected chi connectivity index (χ4v) is 1.23. The highest BCUT2D eigenvalue weighted by Crippen LogP contribution is 2.25. The molecule has 1 aromatic rings. The first-order valence-corrected chi connectivity index (χ1v) is 4.44. The van der Waals surface area contributed by atoms with E-state index in [0.29, 0.717) is 17.2 Å². The molecule has 0 aliphatic rings. The first-order valence-electron chi connectivity index (χ1n) is 4.44. The van der Waals surface area contributed by atoms with Gasteiger partial charge in [0.1, 0.15) is 0 Å². The summed E-state index contributed by atoms with van der Waals surface area (Å²) >= 11 is 0. The molecule has 0 bridgehead atoms. The van der Waals surface area contributed by atoms with Crippen molar-refractivity contribution in [3.63, 3.8) is 0 Å². The molecule has 0 amide bonds. The van der Waals surface area contributed by atoms with Crippen LogP contribution >= 0.6 is 0 Å². The first-order chi connectivity index (χ1) is 6.20. The Hall–Kier alpha value is -1.38. The predicted molar refractivity (Wildman–Crippen MR) is 55.2 cm³/mol. The van der Waals surface area contributed by atoms with Gasteiger partial charge >= 0.3 is 0 Å². The number of pyridine rings is 1. The van der Waals surface area contributed by atoms with Crippen LogP contribution in [0.15, 0.2) is 12.4 Å². The largest absolute Gasteiger partial charge is 0.398 e. The summed E-state index contributed by atoms with van der Waals surface area (Å²) in [5.41, 5.74) is 8.32. The highest BCUT2D eigenvalue weighted by Gasteiger charge is 2.09. The fourth-order valence-electron chi connectivity index (χ4n) is 1.23. The Labute approximate surface area is 78.5 Å². The van der Waals surface area contributed by atoms with E-state index in [4.69, 9.17) is 11.1 Å². The van der Waals surface area contributed by atoms with Gasteiger partial charge in [0.25, 0.3) is 0 Å². The normalized spacial score (nSPS) is 12.5. The number of aromatic nitrogens is 1. The van der Waals surface area contributed by atoms with Gasteiger partial charge in [-0.15, -0.1) is 0 Å². The monoisotopic (exact) mass is 177 g/mol. The first kappa shape index (κ1) is 9.71. The molecular formula is C10H15N3. The van der Waals surface area contributed by atoms with Crippen molar-refractivity contribution >= 4 is 11.9 Å². The van der Waals surface area contributed by atoms with E-state index < -0.39 is 0 Å². The van der Waals surface area contributed by atoms with Crippen LogP contribution in [-0.4, -0.2) is 11.2 Å². The van der Waals surface area contributed by atoms with Crippen LogP contribution in [0.5, 0.6) is 0 Å². The quantitative estimate of drug-likeness (QED) is 0.695. The molecule has 1 unspecified atom stereocenters. The number of nitrogens with zero attached hydrogens (tertiary/aromatic N) is 1. The third-order valence-electron chi connectivity index (χ3n) is 2.35. The van der Waals surface area contributed by atoms with E-state index in [-0.39, 0.29) is 0 Å². The SMILES string of the molecule is CCC(C)c1cncc(C=N)c1N. The molecule has 70 valence electrons. The molecule has 0 radical (unpaired) electrons. The van der Waals surface area contributed by atoms with Crippen molar-refractivity contribution in [2.45, 2.75) is 26.2 Å². The summed E-state index contributed by atoms with van der Waals surface area (Å²) in [6.45, 7) is 4.22. The van der Waals surface area contributed by atoms with Crippen LogP contribution < -0.4 is 5.73 Å². The summed E-state index contributed by atoms with van der Waals surface area (Å²) in [5.74, 6) is 0.410. The summed E-state index contributed by atoms with van der Waals surface area (Å²) in [6.07, 6.45) is 5.69. The lowest BCUT2D eigenvalue weighted by Crippen LogP contribution is -2.03. The minimum Gasteiger partial charge on any atom is -0.398 e.